The molecule has 2 heterocycles. The fourth-order valence-electron chi connectivity index (χ4n) is 2.60. The fraction of sp³-hybridized carbons (Fsp3) is 0.474. The topological polar surface area (TPSA) is 77.8 Å². The van der Waals surface area contributed by atoms with Gasteiger partial charge in [0.2, 0.25) is 0 Å². The monoisotopic (exact) mass is 354 g/mol. The highest BCUT2D eigenvalue weighted by Crippen LogP contribution is 2.25. The summed E-state index contributed by atoms with van der Waals surface area (Å²) < 4.78 is 6.95. The normalized spacial score (nSPS) is 11.8. The van der Waals surface area contributed by atoms with E-state index >= 15 is 0 Å². The molecule has 0 saturated carbocycles. The Morgan fingerprint density at radius 3 is 2.58 bits per heavy atom. The molecule has 0 unspecified atom stereocenters. The van der Waals surface area contributed by atoms with Crippen molar-refractivity contribution in [3.8, 4) is 0 Å². The number of benzene rings is 1. The van der Waals surface area contributed by atoms with Gasteiger partial charge in [-0.05, 0) is 12.0 Å². The molecular weight excluding hydrogens is 328 g/mol. The maximum absolute atomic E-state index is 5.11. The molecule has 1 N–H and O–H groups in total. The molecule has 1 aromatic carbocycles. The van der Waals surface area contributed by atoms with E-state index in [1.165, 1.54) is 0 Å². The van der Waals surface area contributed by atoms with E-state index in [4.69, 9.17) is 14.7 Å². The van der Waals surface area contributed by atoms with E-state index in [1.807, 2.05) is 22.9 Å². The van der Waals surface area contributed by atoms with Crippen molar-refractivity contribution in [2.24, 2.45) is 0 Å². The van der Waals surface area contributed by atoms with Crippen LogP contribution in [0.15, 0.2) is 30.3 Å². The van der Waals surface area contributed by atoms with Crippen LogP contribution >= 0.6 is 0 Å². The summed E-state index contributed by atoms with van der Waals surface area (Å²) in [4.78, 5) is 9.48. The highest BCUT2D eigenvalue weighted by atomic mass is 16.5. The van der Waals surface area contributed by atoms with Crippen molar-refractivity contribution in [1.29, 1.82) is 0 Å². The Hall–Kier alpha value is -2.54. The molecule has 0 saturated heterocycles. The fourth-order valence-corrected chi connectivity index (χ4v) is 2.60. The molecule has 0 bridgehead atoms. The van der Waals surface area contributed by atoms with E-state index in [0.29, 0.717) is 18.7 Å². The van der Waals surface area contributed by atoms with Crippen molar-refractivity contribution in [2.45, 2.75) is 39.2 Å². The van der Waals surface area contributed by atoms with Crippen molar-refractivity contribution < 1.29 is 4.74 Å². The summed E-state index contributed by atoms with van der Waals surface area (Å²) in [5.41, 5.74) is 2.44. The van der Waals surface area contributed by atoms with Crippen LogP contribution in [-0.4, -0.2) is 45.2 Å². The van der Waals surface area contributed by atoms with E-state index < -0.39 is 0 Å². The first-order chi connectivity index (χ1) is 12.5. The smallest absolute Gasteiger partial charge is 0.184 e. The third-order valence-electron chi connectivity index (χ3n) is 4.03. The number of rotatable bonds is 7. The van der Waals surface area contributed by atoms with Crippen LogP contribution in [0.3, 0.4) is 0 Å². The molecule has 2 aromatic heterocycles. The standard InChI is InChI=1S/C19H26N6O/c1-19(2,3)18-21-16(20-11-8-12-26-4)15-17(22-18)25(24-23-15)13-14-9-6-5-7-10-14/h5-7,9-10H,8,11-13H2,1-4H3,(H,20,21,22). The summed E-state index contributed by atoms with van der Waals surface area (Å²) in [7, 11) is 1.70. The quantitative estimate of drug-likeness (QED) is 0.657. The van der Waals surface area contributed by atoms with Gasteiger partial charge in [0, 0.05) is 25.7 Å². The van der Waals surface area contributed by atoms with Gasteiger partial charge in [0.15, 0.2) is 17.0 Å². The number of nitrogens with zero attached hydrogens (tertiary/aromatic N) is 5. The largest absolute Gasteiger partial charge is 0.385 e. The lowest BCUT2D eigenvalue weighted by molar-refractivity contribution is 0.198. The van der Waals surface area contributed by atoms with Gasteiger partial charge < -0.3 is 10.1 Å². The van der Waals surface area contributed by atoms with Gasteiger partial charge in [0.1, 0.15) is 5.82 Å². The first-order valence-electron chi connectivity index (χ1n) is 8.87. The Kier molecular flexibility index (Phi) is 5.46. The number of nitrogens with one attached hydrogen (secondary N) is 1. The van der Waals surface area contributed by atoms with Gasteiger partial charge in [-0.2, -0.15) is 0 Å². The van der Waals surface area contributed by atoms with Crippen LogP contribution in [0.2, 0.25) is 0 Å². The Morgan fingerprint density at radius 1 is 1.12 bits per heavy atom. The van der Waals surface area contributed by atoms with E-state index in [1.54, 1.807) is 7.11 Å². The minimum absolute atomic E-state index is 0.168. The zero-order valence-electron chi connectivity index (χ0n) is 15.9. The van der Waals surface area contributed by atoms with E-state index in [9.17, 15) is 0 Å². The molecule has 0 aliphatic heterocycles. The van der Waals surface area contributed by atoms with Crippen LogP contribution in [0.4, 0.5) is 5.82 Å². The first-order valence-corrected chi connectivity index (χ1v) is 8.87. The summed E-state index contributed by atoms with van der Waals surface area (Å²) in [6.07, 6.45) is 0.894. The highest BCUT2D eigenvalue weighted by molar-refractivity contribution is 5.82. The molecular formula is C19H26N6O. The van der Waals surface area contributed by atoms with Crippen molar-refractivity contribution in [3.63, 3.8) is 0 Å². The molecule has 0 amide bonds. The number of hydrogen-bond donors (Lipinski definition) is 1. The Morgan fingerprint density at radius 2 is 1.88 bits per heavy atom. The third-order valence-corrected chi connectivity index (χ3v) is 4.03. The average Bonchev–Trinajstić information content (AvgIpc) is 3.02. The Labute approximate surface area is 153 Å². The summed E-state index contributed by atoms with van der Waals surface area (Å²) in [5.74, 6) is 1.51. The Balaban J connectivity index is 1.97. The molecule has 0 aliphatic carbocycles. The molecule has 3 aromatic rings. The van der Waals surface area contributed by atoms with Crippen LogP contribution in [-0.2, 0) is 16.7 Å². The minimum atomic E-state index is -0.168. The lowest BCUT2D eigenvalue weighted by Crippen LogP contribution is -2.18. The van der Waals surface area contributed by atoms with Crippen LogP contribution in [0.1, 0.15) is 38.6 Å². The Bertz CT molecular complexity index is 854. The van der Waals surface area contributed by atoms with Gasteiger partial charge in [0.05, 0.1) is 6.54 Å². The lowest BCUT2D eigenvalue weighted by atomic mass is 9.96. The number of ether oxygens (including phenoxy) is 1. The van der Waals surface area contributed by atoms with Gasteiger partial charge in [0.25, 0.3) is 0 Å². The molecule has 7 heteroatoms. The van der Waals surface area contributed by atoms with Gasteiger partial charge in [-0.25, -0.2) is 14.6 Å². The van der Waals surface area contributed by atoms with Crippen molar-refractivity contribution in [3.05, 3.63) is 41.7 Å². The molecule has 138 valence electrons. The summed E-state index contributed by atoms with van der Waals surface area (Å²) in [6, 6.07) is 10.2. The molecule has 26 heavy (non-hydrogen) atoms. The molecule has 0 radical (unpaired) electrons. The number of anilines is 1. The molecule has 7 nitrogen and oxygen atoms in total. The van der Waals surface area contributed by atoms with Gasteiger partial charge in [-0.3, -0.25) is 0 Å². The molecule has 0 spiro atoms. The second-order valence-electron chi connectivity index (χ2n) is 7.32. The maximum Gasteiger partial charge on any atom is 0.184 e. The number of aromatic nitrogens is 5. The van der Waals surface area contributed by atoms with E-state index in [2.05, 4.69) is 48.5 Å². The van der Waals surface area contributed by atoms with E-state index in [-0.39, 0.29) is 5.41 Å². The van der Waals surface area contributed by atoms with Crippen LogP contribution in [0.5, 0.6) is 0 Å². The summed E-state index contributed by atoms with van der Waals surface area (Å²) >= 11 is 0. The maximum atomic E-state index is 5.11. The van der Waals surface area contributed by atoms with Crippen molar-refractivity contribution in [1.82, 2.24) is 25.0 Å². The number of fused-ring (bicyclic) bond motifs is 1. The van der Waals surface area contributed by atoms with Crippen LogP contribution < -0.4 is 5.32 Å². The highest BCUT2D eigenvalue weighted by Gasteiger charge is 2.22. The van der Waals surface area contributed by atoms with Crippen molar-refractivity contribution >= 4 is 17.0 Å². The predicted molar refractivity (Wildman–Crippen MR) is 102 cm³/mol. The number of methoxy groups -OCH3 is 1. The van der Waals surface area contributed by atoms with Crippen LogP contribution in [0.25, 0.3) is 11.2 Å². The predicted octanol–water partition coefficient (Wildman–Crippen LogP) is 3.02. The molecule has 0 fully saturated rings. The summed E-state index contributed by atoms with van der Waals surface area (Å²) in [5, 5.41) is 12.0. The first kappa shape index (κ1) is 18.3. The molecule has 0 atom stereocenters. The minimum Gasteiger partial charge on any atom is -0.385 e. The molecule has 3 rings (SSSR count). The lowest BCUT2D eigenvalue weighted by Gasteiger charge is -2.18. The second-order valence-corrected chi connectivity index (χ2v) is 7.32. The molecule has 0 aliphatic rings. The van der Waals surface area contributed by atoms with Crippen LogP contribution in [0, 0.1) is 0 Å². The van der Waals surface area contributed by atoms with Crippen molar-refractivity contribution in [2.75, 3.05) is 25.6 Å². The number of hydrogen-bond acceptors (Lipinski definition) is 6. The average molecular weight is 354 g/mol. The summed E-state index contributed by atoms with van der Waals surface area (Å²) in [6.45, 7) is 8.40. The third kappa shape index (κ3) is 4.16. The zero-order chi connectivity index (χ0) is 18.6. The van der Waals surface area contributed by atoms with Gasteiger partial charge in [-0.1, -0.05) is 56.3 Å². The SMILES string of the molecule is COCCCNc1nc(C(C)(C)C)nc2c1nnn2Cc1ccccc1. The van der Waals surface area contributed by atoms with E-state index in [0.717, 1.165) is 35.8 Å². The second kappa shape index (κ2) is 7.78. The van der Waals surface area contributed by atoms with Gasteiger partial charge >= 0.3 is 0 Å². The van der Waals surface area contributed by atoms with Gasteiger partial charge in [-0.15, -0.1) is 5.10 Å². The zero-order valence-corrected chi connectivity index (χ0v) is 15.9.